The maximum Gasteiger partial charge on any atom is 3.00 e. The molecule has 0 amide bonds. The molecule has 1 radical (unpaired) electrons. The number of hydrogen-bond donors (Lipinski definition) is 3. The number of rotatable bonds is 0. The molecule has 13 heteroatoms. The standard InChI is InChI=1S/3C7H10N2O2.Fe/c3*1-4-5(2)8-7(10)9(11)6(4)3;/h3*11H,1-3H3;/q;;;+3. The Morgan fingerprint density at radius 2 is 0.647 bits per heavy atom. The Bertz CT molecular complexity index is 1190. The van der Waals surface area contributed by atoms with Crippen LogP contribution in [0.4, 0.5) is 0 Å². The van der Waals surface area contributed by atoms with E-state index in [2.05, 4.69) is 15.0 Å². The van der Waals surface area contributed by atoms with Crippen molar-refractivity contribution in [3.8, 4) is 0 Å². The zero-order valence-corrected chi connectivity index (χ0v) is 21.7. The molecule has 0 aromatic carbocycles. The zero-order valence-electron chi connectivity index (χ0n) is 20.6. The number of aromatic nitrogens is 6. The molecule has 0 atom stereocenters. The van der Waals surface area contributed by atoms with Crippen LogP contribution >= 0.6 is 0 Å². The van der Waals surface area contributed by atoms with Crippen LogP contribution in [0.5, 0.6) is 0 Å². The summed E-state index contributed by atoms with van der Waals surface area (Å²) in [6.45, 7) is 15.7. The van der Waals surface area contributed by atoms with Crippen molar-refractivity contribution in [2.24, 2.45) is 0 Å². The fourth-order valence-corrected chi connectivity index (χ4v) is 2.52. The molecule has 0 bridgehead atoms. The first-order valence-corrected chi connectivity index (χ1v) is 9.90. The van der Waals surface area contributed by atoms with Crippen molar-refractivity contribution in [2.45, 2.75) is 62.3 Å². The second-order valence-electron chi connectivity index (χ2n) is 7.51. The molecule has 0 unspecified atom stereocenters. The zero-order chi connectivity index (χ0) is 25.8. The van der Waals surface area contributed by atoms with Crippen molar-refractivity contribution >= 4 is 0 Å². The summed E-state index contributed by atoms with van der Waals surface area (Å²) in [7, 11) is 0. The fraction of sp³-hybridized carbons (Fsp3) is 0.429. The molecule has 0 aliphatic heterocycles. The van der Waals surface area contributed by atoms with E-state index in [1.807, 2.05) is 20.8 Å². The van der Waals surface area contributed by atoms with Gasteiger partial charge in [0.25, 0.3) is 0 Å². The van der Waals surface area contributed by atoms with Crippen LogP contribution in [-0.2, 0) is 17.1 Å². The van der Waals surface area contributed by atoms with E-state index in [4.69, 9.17) is 15.6 Å². The summed E-state index contributed by atoms with van der Waals surface area (Å²) < 4.78 is 1.67. The Morgan fingerprint density at radius 1 is 0.471 bits per heavy atom. The molecule has 12 nitrogen and oxygen atoms in total. The van der Waals surface area contributed by atoms with Gasteiger partial charge in [-0.3, -0.25) is 0 Å². The van der Waals surface area contributed by atoms with Gasteiger partial charge in [-0.1, -0.05) is 0 Å². The predicted octanol–water partition coefficient (Wildman–Crippen LogP) is 1.22. The third-order valence-corrected chi connectivity index (χ3v) is 5.54. The first-order chi connectivity index (χ1) is 15.1. The van der Waals surface area contributed by atoms with Gasteiger partial charge in [-0.15, -0.1) is 14.2 Å². The molecule has 3 rings (SSSR count). The smallest absolute Gasteiger partial charge is 0.424 e. The largest absolute Gasteiger partial charge is 3.00 e. The van der Waals surface area contributed by atoms with E-state index in [1.54, 1.807) is 41.5 Å². The Balaban J connectivity index is 0.000000473. The molecule has 34 heavy (non-hydrogen) atoms. The summed E-state index contributed by atoms with van der Waals surface area (Å²) in [5, 5.41) is 27.2. The minimum absolute atomic E-state index is 0. The number of aryl methyl sites for hydroxylation is 3. The van der Waals surface area contributed by atoms with Gasteiger partial charge in [-0.25, -0.2) is 14.4 Å². The minimum Gasteiger partial charge on any atom is -0.424 e. The average Bonchev–Trinajstić information content (AvgIpc) is 2.77. The van der Waals surface area contributed by atoms with Crippen molar-refractivity contribution in [3.63, 3.8) is 0 Å². The Morgan fingerprint density at radius 3 is 0.824 bits per heavy atom. The summed E-state index contributed by atoms with van der Waals surface area (Å²) in [6, 6.07) is 0. The maximum absolute atomic E-state index is 10.8. The van der Waals surface area contributed by atoms with Gasteiger partial charge >= 0.3 is 34.1 Å². The van der Waals surface area contributed by atoms with Crippen molar-refractivity contribution in [3.05, 3.63) is 82.3 Å². The molecule has 0 fully saturated rings. The topological polar surface area (TPSA) is 165 Å². The third kappa shape index (κ3) is 6.78. The molecule has 0 saturated carbocycles. The van der Waals surface area contributed by atoms with Gasteiger partial charge in [0.15, 0.2) is 0 Å². The van der Waals surface area contributed by atoms with Crippen LogP contribution in [0.25, 0.3) is 0 Å². The second kappa shape index (κ2) is 12.1. The van der Waals surface area contributed by atoms with Crippen LogP contribution in [0.3, 0.4) is 0 Å². The average molecular weight is 518 g/mol. The molecule has 0 spiro atoms. The molecule has 3 N–H and O–H groups in total. The monoisotopic (exact) mass is 518 g/mol. The van der Waals surface area contributed by atoms with Gasteiger partial charge in [0.05, 0.1) is 17.1 Å². The van der Waals surface area contributed by atoms with Crippen molar-refractivity contribution in [2.75, 3.05) is 0 Å². The van der Waals surface area contributed by atoms with E-state index >= 15 is 0 Å². The SMILES string of the molecule is Cc1nc(=O)n(O)c(C)c1C.Cc1nc(=O)n(O)c(C)c1C.Cc1nc(=O)n(O)c(C)c1C.[Fe+3]. The number of nitrogens with zero attached hydrogens (tertiary/aromatic N) is 6. The molecular weight excluding hydrogens is 488 g/mol. The van der Waals surface area contributed by atoms with E-state index < -0.39 is 17.1 Å². The van der Waals surface area contributed by atoms with Crippen LogP contribution in [0.15, 0.2) is 14.4 Å². The van der Waals surface area contributed by atoms with E-state index in [-0.39, 0.29) is 17.1 Å². The Kier molecular flexibility index (Phi) is 10.9. The molecule has 0 saturated heterocycles. The van der Waals surface area contributed by atoms with Crippen LogP contribution in [0.1, 0.15) is 50.9 Å². The summed E-state index contributed by atoms with van der Waals surface area (Å²) >= 11 is 0. The van der Waals surface area contributed by atoms with Crippen LogP contribution in [0, 0.1) is 62.3 Å². The van der Waals surface area contributed by atoms with E-state index in [0.717, 1.165) is 16.7 Å². The predicted molar refractivity (Wildman–Crippen MR) is 120 cm³/mol. The fourth-order valence-electron chi connectivity index (χ4n) is 2.52. The van der Waals surface area contributed by atoms with Crippen molar-refractivity contribution < 1.29 is 32.7 Å². The maximum atomic E-state index is 10.8. The summed E-state index contributed by atoms with van der Waals surface area (Å²) in [6.07, 6.45) is 0. The van der Waals surface area contributed by atoms with Gasteiger partial charge in [-0.2, -0.15) is 15.0 Å². The second-order valence-corrected chi connectivity index (χ2v) is 7.51. The summed E-state index contributed by atoms with van der Waals surface area (Å²) in [5.74, 6) is 0. The summed E-state index contributed by atoms with van der Waals surface area (Å²) in [5.41, 5.74) is 4.29. The molecule has 3 aromatic rings. The van der Waals surface area contributed by atoms with E-state index in [9.17, 15) is 14.4 Å². The van der Waals surface area contributed by atoms with Gasteiger partial charge in [0.2, 0.25) is 0 Å². The molecule has 0 aliphatic rings. The Labute approximate surface area is 206 Å². The van der Waals surface area contributed by atoms with Crippen molar-refractivity contribution in [1.29, 1.82) is 0 Å². The van der Waals surface area contributed by atoms with Crippen LogP contribution in [0.2, 0.25) is 0 Å². The molecular formula is C21H30FeN6O6+3. The van der Waals surface area contributed by atoms with Gasteiger partial charge in [-0.05, 0) is 79.0 Å². The van der Waals surface area contributed by atoms with Crippen LogP contribution < -0.4 is 17.1 Å². The van der Waals surface area contributed by atoms with Gasteiger partial charge in [0.1, 0.15) is 0 Å². The number of hydrogen-bond acceptors (Lipinski definition) is 9. The van der Waals surface area contributed by atoms with E-state index in [1.165, 1.54) is 0 Å². The van der Waals surface area contributed by atoms with Gasteiger partial charge in [0, 0.05) is 17.1 Å². The Hall–Kier alpha value is -3.44. The summed E-state index contributed by atoms with van der Waals surface area (Å²) in [4.78, 5) is 43.2. The van der Waals surface area contributed by atoms with E-state index in [0.29, 0.717) is 48.4 Å². The molecule has 185 valence electrons. The van der Waals surface area contributed by atoms with Crippen LogP contribution in [-0.4, -0.2) is 44.8 Å². The quantitative estimate of drug-likeness (QED) is 0.293. The first kappa shape index (κ1) is 30.6. The molecule has 3 heterocycles. The first-order valence-electron chi connectivity index (χ1n) is 9.90. The molecule has 3 aromatic heterocycles. The normalized spacial score (nSPS) is 9.79. The third-order valence-electron chi connectivity index (χ3n) is 5.54. The minimum atomic E-state index is -0.620. The van der Waals surface area contributed by atoms with Gasteiger partial charge < -0.3 is 15.6 Å². The van der Waals surface area contributed by atoms with Crippen molar-refractivity contribution in [1.82, 2.24) is 29.1 Å². The molecule has 0 aliphatic carbocycles.